The van der Waals surface area contributed by atoms with E-state index in [0.29, 0.717) is 19.5 Å². The molecule has 0 heterocycles. The van der Waals surface area contributed by atoms with Crippen LogP contribution >= 0.6 is 0 Å². The summed E-state index contributed by atoms with van der Waals surface area (Å²) >= 11 is 0. The minimum absolute atomic E-state index is 0.115. The van der Waals surface area contributed by atoms with Crippen LogP contribution in [-0.2, 0) is 17.8 Å². The van der Waals surface area contributed by atoms with E-state index in [4.69, 9.17) is 5.73 Å². The quantitative estimate of drug-likeness (QED) is 0.891. The summed E-state index contributed by atoms with van der Waals surface area (Å²) in [6, 6.07) is 15.4. The van der Waals surface area contributed by atoms with Crippen molar-refractivity contribution in [3.05, 3.63) is 71.5 Å². The van der Waals surface area contributed by atoms with E-state index < -0.39 is 6.04 Å². The maximum Gasteiger partial charge on any atom is 0.240 e. The minimum Gasteiger partial charge on any atom is -0.337 e. The van der Waals surface area contributed by atoms with Crippen LogP contribution in [0.15, 0.2) is 54.6 Å². The molecule has 0 saturated carbocycles. The van der Waals surface area contributed by atoms with Crippen LogP contribution in [-0.4, -0.2) is 23.4 Å². The highest BCUT2D eigenvalue weighted by Gasteiger charge is 2.20. The molecule has 1 unspecified atom stereocenters. The van der Waals surface area contributed by atoms with Crippen molar-refractivity contribution in [2.75, 3.05) is 6.54 Å². The summed E-state index contributed by atoms with van der Waals surface area (Å²) in [5, 5.41) is 0. The van der Waals surface area contributed by atoms with Crippen molar-refractivity contribution in [3.63, 3.8) is 0 Å². The zero-order valence-corrected chi connectivity index (χ0v) is 12.7. The zero-order valence-electron chi connectivity index (χ0n) is 12.7. The van der Waals surface area contributed by atoms with Gasteiger partial charge < -0.3 is 10.6 Å². The molecule has 0 spiro atoms. The maximum atomic E-state index is 13.2. The first-order chi connectivity index (χ1) is 10.6. The molecule has 0 aliphatic heterocycles. The molecule has 2 aromatic rings. The third kappa shape index (κ3) is 4.40. The summed E-state index contributed by atoms with van der Waals surface area (Å²) in [5.74, 6) is -0.412. The molecular weight excluding hydrogens is 279 g/mol. The van der Waals surface area contributed by atoms with Crippen LogP contribution in [0.3, 0.4) is 0 Å². The lowest BCUT2D eigenvalue weighted by molar-refractivity contribution is -0.133. The third-order valence-corrected chi connectivity index (χ3v) is 3.57. The lowest BCUT2D eigenvalue weighted by Gasteiger charge is -2.24. The second-order valence-corrected chi connectivity index (χ2v) is 5.28. The second kappa shape index (κ2) is 7.71. The first-order valence-electron chi connectivity index (χ1n) is 7.43. The highest BCUT2D eigenvalue weighted by molar-refractivity contribution is 5.82. The third-order valence-electron chi connectivity index (χ3n) is 3.57. The van der Waals surface area contributed by atoms with Crippen molar-refractivity contribution in [2.45, 2.75) is 25.9 Å². The number of hydrogen-bond acceptors (Lipinski definition) is 2. The van der Waals surface area contributed by atoms with Gasteiger partial charge in [-0.3, -0.25) is 4.79 Å². The van der Waals surface area contributed by atoms with Crippen LogP contribution in [0, 0.1) is 5.82 Å². The van der Waals surface area contributed by atoms with E-state index in [1.165, 1.54) is 12.1 Å². The van der Waals surface area contributed by atoms with Gasteiger partial charge in [0.25, 0.3) is 0 Å². The molecule has 1 atom stereocenters. The van der Waals surface area contributed by atoms with Gasteiger partial charge in [0.05, 0.1) is 6.04 Å². The summed E-state index contributed by atoms with van der Waals surface area (Å²) in [6.07, 6.45) is 0.499. The fraction of sp³-hybridized carbons (Fsp3) is 0.278. The Morgan fingerprint density at radius 3 is 2.45 bits per heavy atom. The van der Waals surface area contributed by atoms with Crippen molar-refractivity contribution in [1.29, 1.82) is 0 Å². The van der Waals surface area contributed by atoms with Crippen LogP contribution in [0.5, 0.6) is 0 Å². The van der Waals surface area contributed by atoms with Crippen molar-refractivity contribution < 1.29 is 9.18 Å². The van der Waals surface area contributed by atoms with Crippen molar-refractivity contribution in [3.8, 4) is 0 Å². The molecule has 0 aromatic heterocycles. The Kier molecular flexibility index (Phi) is 5.67. The van der Waals surface area contributed by atoms with Gasteiger partial charge in [-0.2, -0.15) is 0 Å². The smallest absolute Gasteiger partial charge is 0.240 e. The van der Waals surface area contributed by atoms with Gasteiger partial charge in [0.2, 0.25) is 5.91 Å². The molecule has 0 saturated heterocycles. The van der Waals surface area contributed by atoms with Gasteiger partial charge in [-0.25, -0.2) is 4.39 Å². The Labute approximate surface area is 130 Å². The fourth-order valence-corrected chi connectivity index (χ4v) is 2.39. The molecule has 116 valence electrons. The average molecular weight is 300 g/mol. The van der Waals surface area contributed by atoms with Gasteiger partial charge in [-0.05, 0) is 36.6 Å². The SMILES string of the molecule is CCN(Cc1cccc(F)c1)C(=O)C(N)Cc1ccccc1. The highest BCUT2D eigenvalue weighted by atomic mass is 19.1. The number of carbonyl (C=O) groups is 1. The van der Waals surface area contributed by atoms with Crippen LogP contribution in [0.25, 0.3) is 0 Å². The number of nitrogens with two attached hydrogens (primary N) is 1. The van der Waals surface area contributed by atoms with Gasteiger partial charge in [0.15, 0.2) is 0 Å². The Bertz CT molecular complexity index is 615. The van der Waals surface area contributed by atoms with E-state index in [1.807, 2.05) is 43.3 Å². The Morgan fingerprint density at radius 2 is 1.82 bits per heavy atom. The number of likely N-dealkylation sites (N-methyl/N-ethyl adjacent to an activating group) is 1. The zero-order chi connectivity index (χ0) is 15.9. The van der Waals surface area contributed by atoms with Crippen molar-refractivity contribution in [2.24, 2.45) is 5.73 Å². The van der Waals surface area contributed by atoms with E-state index in [9.17, 15) is 9.18 Å². The molecule has 0 aliphatic carbocycles. The molecule has 4 heteroatoms. The number of amides is 1. The number of halogens is 1. The minimum atomic E-state index is -0.587. The van der Waals surface area contributed by atoms with E-state index in [2.05, 4.69) is 0 Å². The van der Waals surface area contributed by atoms with E-state index in [0.717, 1.165) is 11.1 Å². The van der Waals surface area contributed by atoms with Crippen LogP contribution < -0.4 is 5.73 Å². The Hall–Kier alpha value is -2.20. The van der Waals surface area contributed by atoms with E-state index >= 15 is 0 Å². The normalized spacial score (nSPS) is 12.0. The molecule has 1 amide bonds. The van der Waals surface area contributed by atoms with Crippen molar-refractivity contribution in [1.82, 2.24) is 4.90 Å². The number of benzene rings is 2. The Morgan fingerprint density at radius 1 is 1.14 bits per heavy atom. The molecule has 2 rings (SSSR count). The number of rotatable bonds is 6. The van der Waals surface area contributed by atoms with E-state index in [-0.39, 0.29) is 11.7 Å². The summed E-state index contributed by atoms with van der Waals surface area (Å²) in [7, 11) is 0. The molecular formula is C18H21FN2O. The molecule has 2 N–H and O–H groups in total. The summed E-state index contributed by atoms with van der Waals surface area (Å²) < 4.78 is 13.2. The van der Waals surface area contributed by atoms with Gasteiger partial charge >= 0.3 is 0 Å². The molecule has 0 radical (unpaired) electrons. The summed E-state index contributed by atoms with van der Waals surface area (Å²) in [6.45, 7) is 2.81. The maximum absolute atomic E-state index is 13.2. The first kappa shape index (κ1) is 16.2. The topological polar surface area (TPSA) is 46.3 Å². The van der Waals surface area contributed by atoms with Crippen LogP contribution in [0.1, 0.15) is 18.1 Å². The van der Waals surface area contributed by atoms with Gasteiger partial charge in [0, 0.05) is 13.1 Å². The summed E-state index contributed by atoms with van der Waals surface area (Å²) in [4.78, 5) is 14.1. The number of carbonyl (C=O) groups excluding carboxylic acids is 1. The molecule has 22 heavy (non-hydrogen) atoms. The monoisotopic (exact) mass is 300 g/mol. The van der Waals surface area contributed by atoms with Gasteiger partial charge in [-0.15, -0.1) is 0 Å². The average Bonchev–Trinajstić information content (AvgIpc) is 2.53. The summed E-state index contributed by atoms with van der Waals surface area (Å²) in [5.41, 5.74) is 7.84. The molecule has 0 bridgehead atoms. The first-order valence-corrected chi connectivity index (χ1v) is 7.43. The lowest BCUT2D eigenvalue weighted by atomic mass is 10.1. The van der Waals surface area contributed by atoms with E-state index in [1.54, 1.807) is 11.0 Å². The number of hydrogen-bond donors (Lipinski definition) is 1. The van der Waals surface area contributed by atoms with Crippen LogP contribution in [0.2, 0.25) is 0 Å². The fourth-order valence-electron chi connectivity index (χ4n) is 2.39. The number of nitrogens with zero attached hydrogens (tertiary/aromatic N) is 1. The van der Waals surface area contributed by atoms with Crippen molar-refractivity contribution >= 4 is 5.91 Å². The molecule has 3 nitrogen and oxygen atoms in total. The van der Waals surface area contributed by atoms with Crippen LogP contribution in [0.4, 0.5) is 4.39 Å². The predicted molar refractivity (Wildman–Crippen MR) is 85.6 cm³/mol. The van der Waals surface area contributed by atoms with Gasteiger partial charge in [0.1, 0.15) is 5.82 Å². The largest absolute Gasteiger partial charge is 0.337 e. The second-order valence-electron chi connectivity index (χ2n) is 5.28. The molecule has 2 aromatic carbocycles. The molecule has 0 aliphatic rings. The lowest BCUT2D eigenvalue weighted by Crippen LogP contribution is -2.44. The van der Waals surface area contributed by atoms with Gasteiger partial charge in [-0.1, -0.05) is 42.5 Å². The highest BCUT2D eigenvalue weighted by Crippen LogP contribution is 2.10. The molecule has 0 fully saturated rings. The Balaban J connectivity index is 2.01. The predicted octanol–water partition coefficient (Wildman–Crippen LogP) is 2.74. The standard InChI is InChI=1S/C18H21FN2O/c1-2-21(13-15-9-6-10-16(19)11-15)18(22)17(20)12-14-7-4-3-5-8-14/h3-11,17H,2,12-13,20H2,1H3.